The van der Waals surface area contributed by atoms with E-state index in [4.69, 9.17) is 4.42 Å². The van der Waals surface area contributed by atoms with Crippen LogP contribution in [0, 0.1) is 12.3 Å². The normalized spacial score (nSPS) is 12.8. The molecule has 0 spiro atoms. The van der Waals surface area contributed by atoms with Crippen LogP contribution in [0.5, 0.6) is 0 Å². The van der Waals surface area contributed by atoms with E-state index in [1.54, 1.807) is 0 Å². The fourth-order valence-electron chi connectivity index (χ4n) is 4.87. The predicted octanol–water partition coefficient (Wildman–Crippen LogP) is 8.39. The van der Waals surface area contributed by atoms with Crippen molar-refractivity contribution in [1.82, 2.24) is 10.2 Å². The minimum absolute atomic E-state index is 0.00257. The third-order valence-electron chi connectivity index (χ3n) is 6.31. The lowest BCUT2D eigenvalue weighted by molar-refractivity contribution is 0.411. The molecule has 0 amide bonds. The van der Waals surface area contributed by atoms with Gasteiger partial charge in [0.15, 0.2) is 5.58 Å². The van der Waals surface area contributed by atoms with E-state index in [2.05, 4.69) is 106 Å². The van der Waals surface area contributed by atoms with Crippen LogP contribution < -0.4 is 0 Å². The molecular weight excluding hydrogens is 404 g/mol. The third-order valence-corrected chi connectivity index (χ3v) is 6.31. The Kier molecular flexibility index (Phi) is 4.86. The minimum atomic E-state index is 0.00257. The van der Waals surface area contributed by atoms with Crippen molar-refractivity contribution >= 4 is 32.7 Å². The van der Waals surface area contributed by atoms with E-state index in [0.717, 1.165) is 45.3 Å². The van der Waals surface area contributed by atoms with Gasteiger partial charge in [-0.05, 0) is 64.3 Å². The Morgan fingerprint density at radius 3 is 2.30 bits per heavy atom. The molecule has 2 heterocycles. The second kappa shape index (κ2) is 7.41. The van der Waals surface area contributed by atoms with Gasteiger partial charge in [-0.1, -0.05) is 77.9 Å². The van der Waals surface area contributed by atoms with Crippen LogP contribution in [0.1, 0.15) is 58.4 Å². The molecule has 2 aromatic heterocycles. The second-order valence-corrected chi connectivity index (χ2v) is 11.5. The van der Waals surface area contributed by atoms with Crippen molar-refractivity contribution in [3.05, 3.63) is 71.4 Å². The molecule has 0 aliphatic heterocycles. The average Bonchev–Trinajstić information content (AvgIpc) is 3.10. The van der Waals surface area contributed by atoms with E-state index in [0.29, 0.717) is 0 Å². The SMILES string of the molecule is Cc1nnc(-c2cc(C(C)(C)C)c3ccccc3c2)c2oc3cc(CC(C)(C)C)ccc3c12. The molecule has 0 N–H and O–H groups in total. The predicted molar refractivity (Wildman–Crippen MR) is 139 cm³/mol. The molecule has 168 valence electrons. The summed E-state index contributed by atoms with van der Waals surface area (Å²) in [5, 5.41) is 13.8. The summed E-state index contributed by atoms with van der Waals surface area (Å²) >= 11 is 0. The molecule has 0 aliphatic rings. The summed E-state index contributed by atoms with van der Waals surface area (Å²) < 4.78 is 6.51. The lowest BCUT2D eigenvalue weighted by Gasteiger charge is -2.22. The quantitative estimate of drug-likeness (QED) is 0.279. The van der Waals surface area contributed by atoms with Gasteiger partial charge in [0.05, 0.1) is 11.1 Å². The number of aryl methyl sites for hydroxylation is 1. The van der Waals surface area contributed by atoms with E-state index in [1.165, 1.54) is 21.9 Å². The van der Waals surface area contributed by atoms with E-state index in [9.17, 15) is 0 Å². The number of hydrogen-bond acceptors (Lipinski definition) is 3. The number of fused-ring (bicyclic) bond motifs is 4. The van der Waals surface area contributed by atoms with Crippen LogP contribution in [0.25, 0.3) is 44.0 Å². The molecule has 0 aliphatic carbocycles. The summed E-state index contributed by atoms with van der Waals surface area (Å²) in [6.45, 7) is 15.6. The summed E-state index contributed by atoms with van der Waals surface area (Å²) in [4.78, 5) is 0. The molecule has 0 saturated heterocycles. The molecule has 0 fully saturated rings. The van der Waals surface area contributed by atoms with Crippen LogP contribution in [-0.2, 0) is 11.8 Å². The molecule has 3 heteroatoms. The average molecular weight is 437 g/mol. The van der Waals surface area contributed by atoms with Gasteiger partial charge in [-0.3, -0.25) is 0 Å². The van der Waals surface area contributed by atoms with Crippen LogP contribution in [-0.4, -0.2) is 10.2 Å². The number of furan rings is 1. The van der Waals surface area contributed by atoms with Crippen molar-refractivity contribution in [3.63, 3.8) is 0 Å². The first-order valence-corrected chi connectivity index (χ1v) is 11.7. The van der Waals surface area contributed by atoms with Gasteiger partial charge in [0.1, 0.15) is 11.3 Å². The zero-order chi connectivity index (χ0) is 23.5. The zero-order valence-electron chi connectivity index (χ0n) is 20.7. The Balaban J connectivity index is 1.78. The number of aromatic nitrogens is 2. The Bertz CT molecular complexity index is 1510. The van der Waals surface area contributed by atoms with Gasteiger partial charge in [0, 0.05) is 10.9 Å². The Morgan fingerprint density at radius 1 is 0.818 bits per heavy atom. The highest BCUT2D eigenvalue weighted by Crippen LogP contribution is 2.39. The Hall–Kier alpha value is -3.20. The van der Waals surface area contributed by atoms with Crippen molar-refractivity contribution in [2.24, 2.45) is 5.41 Å². The summed E-state index contributed by atoms with van der Waals surface area (Å²) in [5.41, 5.74) is 7.28. The van der Waals surface area contributed by atoms with Gasteiger partial charge in [0.2, 0.25) is 0 Å². The van der Waals surface area contributed by atoms with Crippen LogP contribution in [0.15, 0.2) is 59.0 Å². The maximum absolute atomic E-state index is 6.51. The van der Waals surface area contributed by atoms with Crippen molar-refractivity contribution in [2.75, 3.05) is 0 Å². The maximum Gasteiger partial charge on any atom is 0.165 e. The highest BCUT2D eigenvalue weighted by atomic mass is 16.3. The van der Waals surface area contributed by atoms with Crippen molar-refractivity contribution in [3.8, 4) is 11.3 Å². The number of hydrogen-bond donors (Lipinski definition) is 0. The molecule has 3 aromatic carbocycles. The topological polar surface area (TPSA) is 38.9 Å². The first-order valence-electron chi connectivity index (χ1n) is 11.7. The highest BCUT2D eigenvalue weighted by Gasteiger charge is 2.22. The summed E-state index contributed by atoms with van der Waals surface area (Å²) in [6, 6.07) is 19.6. The van der Waals surface area contributed by atoms with Gasteiger partial charge in [-0.15, -0.1) is 5.10 Å². The molecule has 33 heavy (non-hydrogen) atoms. The van der Waals surface area contributed by atoms with Crippen molar-refractivity contribution < 1.29 is 4.42 Å². The Morgan fingerprint density at radius 2 is 1.58 bits per heavy atom. The lowest BCUT2D eigenvalue weighted by atomic mass is 9.82. The van der Waals surface area contributed by atoms with Crippen LogP contribution in [0.4, 0.5) is 0 Å². The van der Waals surface area contributed by atoms with Gasteiger partial charge in [0.25, 0.3) is 0 Å². The van der Waals surface area contributed by atoms with Crippen molar-refractivity contribution in [2.45, 2.75) is 60.3 Å². The molecule has 5 aromatic rings. The molecule has 5 rings (SSSR count). The number of benzene rings is 3. The molecule has 0 atom stereocenters. The molecule has 0 saturated carbocycles. The van der Waals surface area contributed by atoms with E-state index in [-0.39, 0.29) is 10.8 Å². The second-order valence-electron chi connectivity index (χ2n) is 11.5. The fraction of sp³-hybridized carbons (Fsp3) is 0.333. The first-order chi connectivity index (χ1) is 15.5. The summed E-state index contributed by atoms with van der Waals surface area (Å²) in [7, 11) is 0. The van der Waals surface area contributed by atoms with Crippen LogP contribution in [0.3, 0.4) is 0 Å². The fourth-order valence-corrected chi connectivity index (χ4v) is 4.87. The minimum Gasteiger partial charge on any atom is -0.454 e. The lowest BCUT2D eigenvalue weighted by Crippen LogP contribution is -2.12. The maximum atomic E-state index is 6.51. The molecule has 0 bridgehead atoms. The van der Waals surface area contributed by atoms with E-state index in [1.807, 2.05) is 6.92 Å². The summed E-state index contributed by atoms with van der Waals surface area (Å²) in [5.74, 6) is 0. The molecular formula is C30H32N2O. The van der Waals surface area contributed by atoms with E-state index < -0.39 is 0 Å². The molecule has 0 radical (unpaired) electrons. The first kappa shape index (κ1) is 21.6. The van der Waals surface area contributed by atoms with Crippen LogP contribution in [0.2, 0.25) is 0 Å². The van der Waals surface area contributed by atoms with Gasteiger partial charge < -0.3 is 4.42 Å². The van der Waals surface area contributed by atoms with Gasteiger partial charge >= 0.3 is 0 Å². The summed E-state index contributed by atoms with van der Waals surface area (Å²) in [6.07, 6.45) is 1.00. The zero-order valence-corrected chi connectivity index (χ0v) is 20.7. The van der Waals surface area contributed by atoms with Crippen molar-refractivity contribution in [1.29, 1.82) is 0 Å². The largest absolute Gasteiger partial charge is 0.454 e. The highest BCUT2D eigenvalue weighted by molar-refractivity contribution is 6.10. The van der Waals surface area contributed by atoms with Gasteiger partial charge in [-0.2, -0.15) is 5.10 Å². The number of nitrogens with zero attached hydrogens (tertiary/aromatic N) is 2. The third kappa shape index (κ3) is 3.90. The van der Waals surface area contributed by atoms with Crippen LogP contribution >= 0.6 is 0 Å². The number of rotatable bonds is 2. The smallest absolute Gasteiger partial charge is 0.165 e. The monoisotopic (exact) mass is 436 g/mol. The van der Waals surface area contributed by atoms with Gasteiger partial charge in [-0.25, -0.2) is 0 Å². The molecule has 0 unspecified atom stereocenters. The van der Waals surface area contributed by atoms with E-state index >= 15 is 0 Å². The Labute approximate surface area is 195 Å². The standard InChI is InChI=1S/C30H32N2O/c1-18-26-23-13-12-19(17-29(2,3)4)14-25(23)33-28(26)27(32-31-18)21-15-20-10-8-9-11-22(20)24(16-21)30(5,6)7/h8-16H,17H2,1-7H3. The molecule has 3 nitrogen and oxygen atoms in total.